The molecule has 0 aliphatic carbocycles. The van der Waals surface area contributed by atoms with Crippen LogP contribution in [0.1, 0.15) is 23.4 Å². The number of rotatable bonds is 4. The van der Waals surface area contributed by atoms with Crippen molar-refractivity contribution >= 4 is 38.7 Å². The fourth-order valence-electron chi connectivity index (χ4n) is 3.53. The number of amides is 2. The van der Waals surface area contributed by atoms with E-state index in [0.29, 0.717) is 6.54 Å². The Bertz CT molecular complexity index is 933. The van der Waals surface area contributed by atoms with Crippen LogP contribution in [0.3, 0.4) is 0 Å². The van der Waals surface area contributed by atoms with Crippen LogP contribution in [0.5, 0.6) is 0 Å². The quantitative estimate of drug-likeness (QED) is 0.626. The maximum Gasteiger partial charge on any atom is 0.321 e. The second-order valence-electron chi connectivity index (χ2n) is 6.62. The van der Waals surface area contributed by atoms with E-state index in [1.165, 1.54) is 5.56 Å². The lowest BCUT2D eigenvalue weighted by Gasteiger charge is -2.20. The summed E-state index contributed by atoms with van der Waals surface area (Å²) in [6.07, 6.45) is 2.58. The Morgan fingerprint density at radius 3 is 3.00 bits per heavy atom. The average molecular weight is 413 g/mol. The number of nitrogens with zero attached hydrogens (tertiary/aromatic N) is 2. The van der Waals surface area contributed by atoms with Gasteiger partial charge in [0.15, 0.2) is 0 Å². The van der Waals surface area contributed by atoms with Crippen molar-refractivity contribution in [3.05, 3.63) is 57.8 Å². The van der Waals surface area contributed by atoms with Crippen LogP contribution in [0, 0.1) is 6.92 Å². The molecule has 2 heterocycles. The van der Waals surface area contributed by atoms with Gasteiger partial charge in [0.2, 0.25) is 0 Å². The van der Waals surface area contributed by atoms with Gasteiger partial charge in [-0.25, -0.2) is 9.78 Å². The first kappa shape index (κ1) is 17.1. The number of halogens is 1. The van der Waals surface area contributed by atoms with E-state index in [0.717, 1.165) is 58.4 Å². The molecular formula is C20H21BrN4O. The topological polar surface area (TPSA) is 61.0 Å². The second-order valence-corrected chi connectivity index (χ2v) is 7.47. The third kappa shape index (κ3) is 3.21. The van der Waals surface area contributed by atoms with Gasteiger partial charge in [0, 0.05) is 24.0 Å². The van der Waals surface area contributed by atoms with Crippen molar-refractivity contribution in [1.82, 2.24) is 15.3 Å². The SMILES string of the molecule is Cc1c(Br)ccc2c1N(C(=O)NCCCc1nc3ccccc3[nH]1)CC2. The summed E-state index contributed by atoms with van der Waals surface area (Å²) in [6.45, 7) is 3.42. The molecule has 1 aliphatic heterocycles. The van der Waals surface area contributed by atoms with Crippen molar-refractivity contribution in [3.63, 3.8) is 0 Å². The Kier molecular flexibility index (Phi) is 4.68. The Morgan fingerprint density at radius 1 is 1.31 bits per heavy atom. The van der Waals surface area contributed by atoms with Crippen LogP contribution in [0.4, 0.5) is 10.5 Å². The molecule has 2 amide bonds. The molecule has 134 valence electrons. The van der Waals surface area contributed by atoms with Gasteiger partial charge in [0.25, 0.3) is 0 Å². The maximum atomic E-state index is 12.6. The van der Waals surface area contributed by atoms with Crippen molar-refractivity contribution in [2.75, 3.05) is 18.0 Å². The molecule has 0 unspecified atom stereocenters. The number of aryl methyl sites for hydroxylation is 1. The number of urea groups is 1. The Balaban J connectivity index is 1.33. The smallest absolute Gasteiger partial charge is 0.321 e. The molecule has 0 saturated heterocycles. The average Bonchev–Trinajstić information content (AvgIpc) is 3.25. The van der Waals surface area contributed by atoms with Gasteiger partial charge >= 0.3 is 6.03 Å². The maximum absolute atomic E-state index is 12.6. The number of fused-ring (bicyclic) bond motifs is 2. The minimum absolute atomic E-state index is 0.0189. The van der Waals surface area contributed by atoms with Crippen molar-refractivity contribution in [2.24, 2.45) is 0 Å². The van der Waals surface area contributed by atoms with Gasteiger partial charge in [-0.1, -0.05) is 34.1 Å². The first-order chi connectivity index (χ1) is 12.6. The van der Waals surface area contributed by atoms with Gasteiger partial charge in [-0.3, -0.25) is 4.90 Å². The first-order valence-electron chi connectivity index (χ1n) is 8.90. The van der Waals surface area contributed by atoms with Gasteiger partial charge in [-0.05, 0) is 49.1 Å². The van der Waals surface area contributed by atoms with E-state index in [-0.39, 0.29) is 6.03 Å². The highest BCUT2D eigenvalue weighted by Gasteiger charge is 2.26. The minimum Gasteiger partial charge on any atom is -0.342 e. The van der Waals surface area contributed by atoms with Gasteiger partial charge in [-0.2, -0.15) is 0 Å². The summed E-state index contributed by atoms with van der Waals surface area (Å²) < 4.78 is 1.04. The van der Waals surface area contributed by atoms with Crippen molar-refractivity contribution in [1.29, 1.82) is 0 Å². The molecule has 5 nitrogen and oxygen atoms in total. The number of imidazole rings is 1. The third-order valence-corrected chi connectivity index (χ3v) is 5.73. The van der Waals surface area contributed by atoms with Crippen LogP contribution in [-0.2, 0) is 12.8 Å². The molecule has 0 fully saturated rings. The Labute approximate surface area is 160 Å². The molecule has 6 heteroatoms. The minimum atomic E-state index is -0.0189. The van der Waals surface area contributed by atoms with Gasteiger partial charge in [0.05, 0.1) is 16.7 Å². The Morgan fingerprint density at radius 2 is 2.15 bits per heavy atom. The summed E-state index contributed by atoms with van der Waals surface area (Å²) in [5, 5.41) is 3.05. The molecule has 1 aromatic heterocycles. The standard InChI is InChI=1S/C20H21BrN4O/c1-13-15(21)9-8-14-10-12-25(19(13)14)20(26)22-11-4-7-18-23-16-5-2-3-6-17(16)24-18/h2-3,5-6,8-9H,4,7,10-12H2,1H3,(H,22,26)(H,23,24). The second kappa shape index (κ2) is 7.11. The van der Waals surface area contributed by atoms with E-state index < -0.39 is 0 Å². The molecule has 2 aromatic carbocycles. The lowest BCUT2D eigenvalue weighted by atomic mass is 10.1. The zero-order valence-corrected chi connectivity index (χ0v) is 16.3. The van der Waals surface area contributed by atoms with Gasteiger partial charge in [-0.15, -0.1) is 0 Å². The summed E-state index contributed by atoms with van der Waals surface area (Å²) in [7, 11) is 0. The molecule has 0 spiro atoms. The van der Waals surface area contributed by atoms with Crippen LogP contribution in [-0.4, -0.2) is 29.1 Å². The number of aromatic nitrogens is 2. The number of aromatic amines is 1. The van der Waals surface area contributed by atoms with Gasteiger partial charge in [0.1, 0.15) is 5.82 Å². The van der Waals surface area contributed by atoms with E-state index in [2.05, 4.69) is 50.3 Å². The summed E-state index contributed by atoms with van der Waals surface area (Å²) in [5.74, 6) is 0.965. The number of anilines is 1. The van der Waals surface area contributed by atoms with Crippen LogP contribution < -0.4 is 10.2 Å². The molecule has 4 rings (SSSR count). The summed E-state index contributed by atoms with van der Waals surface area (Å²) in [4.78, 5) is 22.4. The molecule has 2 N–H and O–H groups in total. The van der Waals surface area contributed by atoms with Crippen LogP contribution in [0.25, 0.3) is 11.0 Å². The van der Waals surface area contributed by atoms with Crippen molar-refractivity contribution < 1.29 is 4.79 Å². The fourth-order valence-corrected chi connectivity index (χ4v) is 3.85. The van der Waals surface area contributed by atoms with Crippen LogP contribution in [0.15, 0.2) is 40.9 Å². The van der Waals surface area contributed by atoms with E-state index in [9.17, 15) is 4.79 Å². The van der Waals surface area contributed by atoms with E-state index in [4.69, 9.17) is 0 Å². The highest BCUT2D eigenvalue weighted by Crippen LogP contribution is 2.35. The number of hydrogen-bond donors (Lipinski definition) is 2. The molecule has 1 aliphatic rings. The predicted octanol–water partition coefficient (Wildman–Crippen LogP) is 4.34. The number of carbonyl (C=O) groups is 1. The molecule has 0 saturated carbocycles. The van der Waals surface area contributed by atoms with Crippen LogP contribution >= 0.6 is 15.9 Å². The Hall–Kier alpha value is -2.34. The van der Waals surface area contributed by atoms with Crippen molar-refractivity contribution in [2.45, 2.75) is 26.2 Å². The number of hydrogen-bond acceptors (Lipinski definition) is 2. The molecule has 26 heavy (non-hydrogen) atoms. The van der Waals surface area contributed by atoms with E-state index in [1.54, 1.807) is 0 Å². The summed E-state index contributed by atoms with van der Waals surface area (Å²) >= 11 is 3.56. The lowest BCUT2D eigenvalue weighted by Crippen LogP contribution is -2.39. The lowest BCUT2D eigenvalue weighted by molar-refractivity contribution is 0.246. The third-order valence-electron chi connectivity index (χ3n) is 4.87. The number of benzene rings is 2. The molecule has 0 bridgehead atoms. The fraction of sp³-hybridized carbons (Fsp3) is 0.300. The van der Waals surface area contributed by atoms with Crippen molar-refractivity contribution in [3.8, 4) is 0 Å². The summed E-state index contributed by atoms with van der Waals surface area (Å²) in [6, 6.07) is 12.2. The monoisotopic (exact) mass is 412 g/mol. The zero-order chi connectivity index (χ0) is 18.1. The highest BCUT2D eigenvalue weighted by molar-refractivity contribution is 9.10. The molecule has 3 aromatic rings. The number of H-pyrrole nitrogens is 1. The molecule has 0 radical (unpaired) electrons. The van der Waals surface area contributed by atoms with E-state index >= 15 is 0 Å². The largest absolute Gasteiger partial charge is 0.342 e. The normalized spacial score (nSPS) is 13.2. The number of nitrogens with one attached hydrogen (secondary N) is 2. The molecule has 0 atom stereocenters. The number of carbonyl (C=O) groups excluding carboxylic acids is 1. The zero-order valence-electron chi connectivity index (χ0n) is 14.7. The van der Waals surface area contributed by atoms with E-state index in [1.807, 2.05) is 29.2 Å². The first-order valence-corrected chi connectivity index (χ1v) is 9.70. The summed E-state index contributed by atoms with van der Waals surface area (Å²) in [5.41, 5.74) is 5.46. The highest BCUT2D eigenvalue weighted by atomic mass is 79.9. The number of para-hydroxylation sites is 2. The van der Waals surface area contributed by atoms with Crippen LogP contribution in [0.2, 0.25) is 0 Å². The predicted molar refractivity (Wildman–Crippen MR) is 108 cm³/mol. The van der Waals surface area contributed by atoms with Gasteiger partial charge < -0.3 is 10.3 Å². The molecular weight excluding hydrogens is 392 g/mol.